The molecule has 1 aromatic heterocycles. The van der Waals surface area contributed by atoms with E-state index in [1.165, 1.54) is 18.4 Å². The van der Waals surface area contributed by atoms with Gasteiger partial charge in [-0.2, -0.15) is 0 Å². The van der Waals surface area contributed by atoms with Gasteiger partial charge in [-0.3, -0.25) is 4.98 Å². The van der Waals surface area contributed by atoms with Gasteiger partial charge in [-0.25, -0.2) is 0 Å². The molecule has 0 unspecified atom stereocenters. The lowest BCUT2D eigenvalue weighted by Gasteiger charge is -1.97. The van der Waals surface area contributed by atoms with Crippen LogP contribution in [0.4, 0.5) is 0 Å². The van der Waals surface area contributed by atoms with Crippen molar-refractivity contribution in [1.82, 2.24) is 4.98 Å². The van der Waals surface area contributed by atoms with Crippen LogP contribution in [0.2, 0.25) is 0 Å². The Morgan fingerprint density at radius 2 is 2.09 bits per heavy atom. The van der Waals surface area contributed by atoms with Crippen LogP contribution >= 0.6 is 0 Å². The average Bonchev–Trinajstić information content (AvgIpc) is 2.07. The highest BCUT2D eigenvalue weighted by molar-refractivity contribution is 5.11. The zero-order valence-corrected chi connectivity index (χ0v) is 6.96. The van der Waals surface area contributed by atoms with E-state index in [2.05, 4.69) is 30.5 Å². The second-order valence-corrected chi connectivity index (χ2v) is 2.64. The molecule has 0 aliphatic heterocycles. The number of rotatable bonds is 4. The topological polar surface area (TPSA) is 12.9 Å². The van der Waals surface area contributed by atoms with Gasteiger partial charge >= 0.3 is 0 Å². The fourth-order valence-electron chi connectivity index (χ4n) is 0.992. The van der Waals surface area contributed by atoms with Gasteiger partial charge in [0.05, 0.1) is 0 Å². The average molecular weight is 148 g/mol. The van der Waals surface area contributed by atoms with Crippen LogP contribution in [0, 0.1) is 6.42 Å². The Labute approximate surface area is 68.5 Å². The van der Waals surface area contributed by atoms with Crippen LogP contribution in [0.25, 0.3) is 0 Å². The van der Waals surface area contributed by atoms with E-state index in [4.69, 9.17) is 0 Å². The summed E-state index contributed by atoms with van der Waals surface area (Å²) in [6, 6.07) is 4.12. The van der Waals surface area contributed by atoms with Crippen molar-refractivity contribution in [2.24, 2.45) is 0 Å². The molecule has 0 saturated carbocycles. The van der Waals surface area contributed by atoms with E-state index in [1.54, 1.807) is 0 Å². The fraction of sp³-hybridized carbons (Fsp3) is 0.400. The van der Waals surface area contributed by atoms with Crippen LogP contribution < -0.4 is 0 Å². The standard InChI is InChI=1S/C10H14N/c1-2-3-4-5-10-6-8-11-9-7-10/h4,6-9H,2-3,5H2,1H3. The normalized spacial score (nSPS) is 9.91. The summed E-state index contributed by atoms with van der Waals surface area (Å²) in [6.07, 6.45) is 9.53. The predicted octanol–water partition coefficient (Wildman–Crippen LogP) is 2.63. The predicted molar refractivity (Wildman–Crippen MR) is 47.1 cm³/mol. The van der Waals surface area contributed by atoms with Gasteiger partial charge in [0.15, 0.2) is 0 Å². The van der Waals surface area contributed by atoms with Crippen molar-refractivity contribution in [3.8, 4) is 0 Å². The molecule has 0 aliphatic rings. The molecule has 1 rings (SSSR count). The van der Waals surface area contributed by atoms with Crippen LogP contribution in [0.1, 0.15) is 25.3 Å². The van der Waals surface area contributed by atoms with E-state index < -0.39 is 0 Å². The molecule has 1 heterocycles. The summed E-state index contributed by atoms with van der Waals surface area (Å²) < 4.78 is 0. The van der Waals surface area contributed by atoms with Gasteiger partial charge in [-0.1, -0.05) is 19.8 Å². The minimum absolute atomic E-state index is 1.08. The zero-order chi connectivity index (χ0) is 7.94. The number of unbranched alkanes of at least 4 members (excludes halogenated alkanes) is 2. The first-order chi connectivity index (χ1) is 5.43. The molecule has 0 atom stereocenters. The summed E-state index contributed by atoms with van der Waals surface area (Å²) in [5.74, 6) is 0. The molecular weight excluding hydrogens is 134 g/mol. The van der Waals surface area contributed by atoms with Crippen molar-refractivity contribution < 1.29 is 0 Å². The molecule has 1 radical (unpaired) electrons. The molecule has 0 saturated heterocycles. The second-order valence-electron chi connectivity index (χ2n) is 2.64. The number of aromatic nitrogens is 1. The molecule has 0 aliphatic carbocycles. The molecule has 59 valence electrons. The third kappa shape index (κ3) is 3.17. The Bertz CT molecular complexity index is 181. The van der Waals surface area contributed by atoms with Gasteiger partial charge in [0, 0.05) is 12.4 Å². The zero-order valence-electron chi connectivity index (χ0n) is 6.96. The Hall–Kier alpha value is -0.850. The maximum absolute atomic E-state index is 3.96. The van der Waals surface area contributed by atoms with E-state index >= 15 is 0 Å². The molecule has 0 N–H and O–H groups in total. The first-order valence-electron chi connectivity index (χ1n) is 4.14. The minimum Gasteiger partial charge on any atom is -0.265 e. The lowest BCUT2D eigenvalue weighted by molar-refractivity contribution is 0.863. The van der Waals surface area contributed by atoms with Gasteiger partial charge in [-0.15, -0.1) is 0 Å². The van der Waals surface area contributed by atoms with Gasteiger partial charge in [0.1, 0.15) is 0 Å². The van der Waals surface area contributed by atoms with Gasteiger partial charge < -0.3 is 0 Å². The maximum atomic E-state index is 3.96. The number of pyridine rings is 1. The molecule has 0 amide bonds. The SMILES string of the molecule is CCC[CH]Cc1ccncc1. The minimum atomic E-state index is 1.08. The van der Waals surface area contributed by atoms with E-state index in [-0.39, 0.29) is 0 Å². The quantitative estimate of drug-likeness (QED) is 0.598. The Balaban J connectivity index is 2.28. The molecule has 11 heavy (non-hydrogen) atoms. The highest BCUT2D eigenvalue weighted by Gasteiger charge is 1.90. The summed E-state index contributed by atoms with van der Waals surface area (Å²) in [7, 11) is 0. The number of hydrogen-bond donors (Lipinski definition) is 0. The Morgan fingerprint density at radius 1 is 1.36 bits per heavy atom. The van der Waals surface area contributed by atoms with E-state index in [1.807, 2.05) is 12.4 Å². The van der Waals surface area contributed by atoms with Crippen molar-refractivity contribution in [1.29, 1.82) is 0 Å². The van der Waals surface area contributed by atoms with E-state index in [0.717, 1.165) is 6.42 Å². The molecule has 1 aromatic rings. The van der Waals surface area contributed by atoms with Crippen molar-refractivity contribution >= 4 is 0 Å². The van der Waals surface area contributed by atoms with Crippen LogP contribution in [0.5, 0.6) is 0 Å². The van der Waals surface area contributed by atoms with E-state index in [0.29, 0.717) is 0 Å². The van der Waals surface area contributed by atoms with Crippen molar-refractivity contribution in [2.75, 3.05) is 0 Å². The summed E-state index contributed by atoms with van der Waals surface area (Å²) in [5.41, 5.74) is 1.36. The first-order valence-corrected chi connectivity index (χ1v) is 4.14. The second kappa shape index (κ2) is 4.89. The summed E-state index contributed by atoms with van der Waals surface area (Å²) in [4.78, 5) is 3.96. The number of hydrogen-bond acceptors (Lipinski definition) is 1. The number of nitrogens with zero attached hydrogens (tertiary/aromatic N) is 1. The van der Waals surface area contributed by atoms with Crippen molar-refractivity contribution in [2.45, 2.75) is 26.2 Å². The largest absolute Gasteiger partial charge is 0.265 e. The van der Waals surface area contributed by atoms with Gasteiger partial charge in [0.25, 0.3) is 0 Å². The lowest BCUT2D eigenvalue weighted by atomic mass is 10.1. The van der Waals surface area contributed by atoms with Crippen LogP contribution in [-0.2, 0) is 6.42 Å². The van der Waals surface area contributed by atoms with Crippen molar-refractivity contribution in [3.05, 3.63) is 36.5 Å². The highest BCUT2D eigenvalue weighted by Crippen LogP contribution is 2.03. The first kappa shape index (κ1) is 8.25. The smallest absolute Gasteiger partial charge is 0.0270 e. The summed E-state index contributed by atoms with van der Waals surface area (Å²) >= 11 is 0. The lowest BCUT2D eigenvalue weighted by Crippen LogP contribution is -1.85. The van der Waals surface area contributed by atoms with Crippen LogP contribution in [-0.4, -0.2) is 4.98 Å². The molecule has 1 heteroatoms. The molecule has 0 bridgehead atoms. The third-order valence-corrected chi connectivity index (χ3v) is 1.62. The molecule has 0 aromatic carbocycles. The van der Waals surface area contributed by atoms with Gasteiger partial charge in [0.2, 0.25) is 0 Å². The van der Waals surface area contributed by atoms with Crippen LogP contribution in [0.3, 0.4) is 0 Å². The molecule has 1 nitrogen and oxygen atoms in total. The van der Waals surface area contributed by atoms with E-state index in [9.17, 15) is 0 Å². The molecule has 0 fully saturated rings. The molecule has 0 spiro atoms. The summed E-state index contributed by atoms with van der Waals surface area (Å²) in [6.45, 7) is 2.20. The fourth-order valence-corrected chi connectivity index (χ4v) is 0.992. The molecular formula is C10H14N. The van der Waals surface area contributed by atoms with Gasteiger partial charge in [-0.05, 0) is 30.5 Å². The monoisotopic (exact) mass is 148 g/mol. The Kier molecular flexibility index (Phi) is 3.67. The van der Waals surface area contributed by atoms with Crippen LogP contribution in [0.15, 0.2) is 24.5 Å². The highest BCUT2D eigenvalue weighted by atomic mass is 14.6. The van der Waals surface area contributed by atoms with Crippen molar-refractivity contribution in [3.63, 3.8) is 0 Å². The maximum Gasteiger partial charge on any atom is 0.0270 e. The third-order valence-electron chi connectivity index (χ3n) is 1.62. The summed E-state index contributed by atoms with van der Waals surface area (Å²) in [5, 5.41) is 0. The Morgan fingerprint density at radius 3 is 2.73 bits per heavy atom.